The summed E-state index contributed by atoms with van der Waals surface area (Å²) in [4.78, 5) is 17.1. The molecule has 2 N–H and O–H groups in total. The molecule has 1 saturated heterocycles. The second-order valence-electron chi connectivity index (χ2n) is 6.26. The van der Waals surface area contributed by atoms with Crippen molar-refractivity contribution < 1.29 is 9.69 Å². The SMILES string of the molecule is O=C(C[NH+]1CCN(c2ccccc2)CC1)NCCSc1ccccc1. The highest BCUT2D eigenvalue weighted by molar-refractivity contribution is 7.99. The molecule has 0 unspecified atom stereocenters. The molecule has 1 aliphatic rings. The molecule has 0 aromatic heterocycles. The molecule has 0 aliphatic carbocycles. The largest absolute Gasteiger partial charge is 0.360 e. The van der Waals surface area contributed by atoms with Crippen molar-refractivity contribution in [2.24, 2.45) is 0 Å². The summed E-state index contributed by atoms with van der Waals surface area (Å²) in [6, 6.07) is 20.8. The molecular weight excluding hydrogens is 330 g/mol. The molecule has 0 spiro atoms. The van der Waals surface area contributed by atoms with E-state index in [0.29, 0.717) is 6.54 Å². The maximum Gasteiger partial charge on any atom is 0.275 e. The van der Waals surface area contributed by atoms with Crippen LogP contribution in [-0.4, -0.2) is 50.9 Å². The Labute approximate surface area is 154 Å². The first-order valence-corrected chi connectivity index (χ1v) is 9.88. The number of carbonyl (C=O) groups excluding carboxylic acids is 1. The molecule has 1 heterocycles. The van der Waals surface area contributed by atoms with Gasteiger partial charge >= 0.3 is 0 Å². The fourth-order valence-corrected chi connectivity index (χ4v) is 3.85. The van der Waals surface area contributed by atoms with Crippen molar-refractivity contribution in [2.45, 2.75) is 4.90 Å². The third-order valence-corrected chi connectivity index (χ3v) is 5.45. The van der Waals surface area contributed by atoms with Crippen LogP contribution < -0.4 is 15.1 Å². The van der Waals surface area contributed by atoms with Gasteiger partial charge in [-0.15, -0.1) is 11.8 Å². The third kappa shape index (κ3) is 5.80. The predicted octanol–water partition coefficient (Wildman–Crippen LogP) is 1.30. The molecule has 132 valence electrons. The number of anilines is 1. The first-order chi connectivity index (χ1) is 12.3. The molecule has 0 saturated carbocycles. The van der Waals surface area contributed by atoms with E-state index in [0.717, 1.165) is 38.5 Å². The minimum absolute atomic E-state index is 0.164. The summed E-state index contributed by atoms with van der Waals surface area (Å²) in [6.45, 7) is 5.36. The van der Waals surface area contributed by atoms with Gasteiger partial charge in [-0.25, -0.2) is 0 Å². The molecule has 1 aliphatic heterocycles. The zero-order valence-corrected chi connectivity index (χ0v) is 15.3. The van der Waals surface area contributed by atoms with Crippen molar-refractivity contribution in [1.29, 1.82) is 0 Å². The molecular formula is C20H26N3OS+. The van der Waals surface area contributed by atoms with Crippen LogP contribution in [0.3, 0.4) is 0 Å². The quantitative estimate of drug-likeness (QED) is 0.580. The third-order valence-electron chi connectivity index (χ3n) is 4.44. The molecule has 1 fully saturated rings. The number of thioether (sulfide) groups is 1. The average molecular weight is 357 g/mol. The van der Waals surface area contributed by atoms with Crippen molar-refractivity contribution in [2.75, 3.05) is 49.9 Å². The number of nitrogens with one attached hydrogen (secondary N) is 2. The highest BCUT2D eigenvalue weighted by Gasteiger charge is 2.21. The molecule has 5 heteroatoms. The molecule has 0 bridgehead atoms. The summed E-state index contributed by atoms with van der Waals surface area (Å²) in [6.07, 6.45) is 0. The molecule has 1 amide bonds. The lowest BCUT2D eigenvalue weighted by molar-refractivity contribution is -0.892. The van der Waals surface area contributed by atoms with Gasteiger partial charge in [0.05, 0.1) is 26.2 Å². The summed E-state index contributed by atoms with van der Waals surface area (Å²) in [7, 11) is 0. The zero-order chi connectivity index (χ0) is 17.3. The van der Waals surface area contributed by atoms with E-state index in [-0.39, 0.29) is 5.91 Å². The molecule has 2 aromatic rings. The normalized spacial score (nSPS) is 15.1. The fourth-order valence-electron chi connectivity index (χ4n) is 3.06. The van der Waals surface area contributed by atoms with Crippen LogP contribution in [0.5, 0.6) is 0 Å². The van der Waals surface area contributed by atoms with Crippen LogP contribution in [0.2, 0.25) is 0 Å². The number of rotatable bonds is 7. The standard InChI is InChI=1S/C20H25N3OS/c24-20(21-11-16-25-19-9-5-2-6-10-19)17-22-12-14-23(15-13-22)18-7-3-1-4-8-18/h1-10H,11-17H2,(H,21,24)/p+1. The van der Waals surface area contributed by atoms with E-state index >= 15 is 0 Å². The first-order valence-electron chi connectivity index (χ1n) is 8.89. The van der Waals surface area contributed by atoms with Crippen molar-refractivity contribution >= 4 is 23.4 Å². The Hall–Kier alpha value is -1.98. The second kappa shape index (κ2) is 9.49. The lowest BCUT2D eigenvalue weighted by atomic mass is 10.2. The van der Waals surface area contributed by atoms with Crippen LogP contribution in [0.1, 0.15) is 0 Å². The molecule has 3 rings (SSSR count). The Morgan fingerprint density at radius 2 is 1.64 bits per heavy atom. The summed E-state index contributed by atoms with van der Waals surface area (Å²) in [5.74, 6) is 1.07. The number of carbonyl (C=O) groups is 1. The average Bonchev–Trinajstić information content (AvgIpc) is 2.67. The number of quaternary nitrogens is 1. The maximum absolute atomic E-state index is 12.1. The number of hydrogen-bond donors (Lipinski definition) is 2. The van der Waals surface area contributed by atoms with Crippen LogP contribution >= 0.6 is 11.8 Å². The Bertz CT molecular complexity index is 643. The van der Waals surface area contributed by atoms with Crippen LogP contribution in [0, 0.1) is 0 Å². The summed E-state index contributed by atoms with van der Waals surface area (Å²) in [5, 5.41) is 3.05. The fraction of sp³-hybridized carbons (Fsp3) is 0.350. The topological polar surface area (TPSA) is 36.8 Å². The number of benzene rings is 2. The lowest BCUT2D eigenvalue weighted by Gasteiger charge is -2.33. The van der Waals surface area contributed by atoms with Crippen molar-refractivity contribution in [1.82, 2.24) is 5.32 Å². The highest BCUT2D eigenvalue weighted by atomic mass is 32.2. The Balaban J connectivity index is 1.31. The monoisotopic (exact) mass is 356 g/mol. The van der Waals surface area contributed by atoms with Gasteiger partial charge in [0.25, 0.3) is 5.91 Å². The second-order valence-corrected chi connectivity index (χ2v) is 7.43. The van der Waals surface area contributed by atoms with E-state index < -0.39 is 0 Å². The van der Waals surface area contributed by atoms with Crippen LogP contribution in [0.4, 0.5) is 5.69 Å². The van der Waals surface area contributed by atoms with Crippen molar-refractivity contribution in [3.8, 4) is 0 Å². The number of amides is 1. The van der Waals surface area contributed by atoms with Crippen LogP contribution in [0.15, 0.2) is 65.6 Å². The van der Waals surface area contributed by atoms with Gasteiger partial charge < -0.3 is 15.1 Å². The molecule has 0 radical (unpaired) electrons. The smallest absolute Gasteiger partial charge is 0.275 e. The van der Waals surface area contributed by atoms with Gasteiger partial charge in [-0.05, 0) is 24.3 Å². The Morgan fingerprint density at radius 1 is 1.00 bits per heavy atom. The van der Waals surface area contributed by atoms with Gasteiger partial charge in [0, 0.05) is 22.9 Å². The highest BCUT2D eigenvalue weighted by Crippen LogP contribution is 2.15. The summed E-state index contributed by atoms with van der Waals surface area (Å²) in [5.41, 5.74) is 1.28. The van der Waals surface area contributed by atoms with Gasteiger partial charge in [-0.3, -0.25) is 4.79 Å². The van der Waals surface area contributed by atoms with Gasteiger partial charge in [-0.2, -0.15) is 0 Å². The Kier molecular flexibility index (Phi) is 6.77. The van der Waals surface area contributed by atoms with E-state index in [9.17, 15) is 4.79 Å². The first kappa shape index (κ1) is 17.8. The van der Waals surface area contributed by atoms with Gasteiger partial charge in [0.15, 0.2) is 6.54 Å². The zero-order valence-electron chi connectivity index (χ0n) is 14.5. The number of nitrogens with zero attached hydrogens (tertiary/aromatic N) is 1. The van der Waals surface area contributed by atoms with Gasteiger partial charge in [0.1, 0.15) is 0 Å². The van der Waals surface area contributed by atoms with Crippen molar-refractivity contribution in [3.63, 3.8) is 0 Å². The number of hydrogen-bond acceptors (Lipinski definition) is 3. The van der Waals surface area contributed by atoms with E-state index in [1.165, 1.54) is 15.5 Å². The van der Waals surface area contributed by atoms with Gasteiger partial charge in [0.2, 0.25) is 0 Å². The van der Waals surface area contributed by atoms with Gasteiger partial charge in [-0.1, -0.05) is 36.4 Å². The van der Waals surface area contributed by atoms with Crippen LogP contribution in [0.25, 0.3) is 0 Å². The molecule has 0 atom stereocenters. The van der Waals surface area contributed by atoms with E-state index in [1.807, 2.05) is 24.3 Å². The minimum Gasteiger partial charge on any atom is -0.360 e. The van der Waals surface area contributed by atoms with E-state index in [4.69, 9.17) is 0 Å². The number of piperazine rings is 1. The maximum atomic E-state index is 12.1. The lowest BCUT2D eigenvalue weighted by Crippen LogP contribution is -3.16. The molecule has 2 aromatic carbocycles. The van der Waals surface area contributed by atoms with E-state index in [1.54, 1.807) is 11.8 Å². The molecule has 4 nitrogen and oxygen atoms in total. The Morgan fingerprint density at radius 3 is 2.32 bits per heavy atom. The van der Waals surface area contributed by atoms with Crippen LogP contribution in [-0.2, 0) is 4.79 Å². The minimum atomic E-state index is 0.164. The van der Waals surface area contributed by atoms with Crippen molar-refractivity contribution in [3.05, 3.63) is 60.7 Å². The summed E-state index contributed by atoms with van der Waals surface area (Å²) < 4.78 is 0. The summed E-state index contributed by atoms with van der Waals surface area (Å²) >= 11 is 1.78. The predicted molar refractivity (Wildman–Crippen MR) is 104 cm³/mol. The molecule has 25 heavy (non-hydrogen) atoms. The number of para-hydroxylation sites is 1. The van der Waals surface area contributed by atoms with E-state index in [2.05, 4.69) is 46.6 Å².